The highest BCUT2D eigenvalue weighted by Crippen LogP contribution is 2.36. The number of rotatable bonds is 5. The molecule has 0 saturated carbocycles. The monoisotopic (exact) mass is 339 g/mol. The predicted octanol–water partition coefficient (Wildman–Crippen LogP) is 2.87. The van der Waals surface area contributed by atoms with Crippen molar-refractivity contribution >= 4 is 11.9 Å². The Morgan fingerprint density at radius 1 is 1.12 bits per heavy atom. The van der Waals surface area contributed by atoms with Crippen LogP contribution in [-0.2, 0) is 17.6 Å². The molecule has 2 aromatic rings. The Bertz CT molecular complexity index is 783. The smallest absolute Gasteiger partial charge is 0.335 e. The number of carbonyl (C=O) groups is 2. The first-order valence-electron chi connectivity index (χ1n) is 8.47. The van der Waals surface area contributed by atoms with Gasteiger partial charge in [0.25, 0.3) is 0 Å². The Morgan fingerprint density at radius 2 is 1.88 bits per heavy atom. The van der Waals surface area contributed by atoms with Crippen molar-refractivity contribution in [2.75, 3.05) is 6.54 Å². The summed E-state index contributed by atoms with van der Waals surface area (Å²) in [5, 5.41) is 21.8. The maximum absolute atomic E-state index is 12.5. The topological polar surface area (TPSA) is 86.6 Å². The van der Waals surface area contributed by atoms with E-state index >= 15 is 0 Å². The molecule has 130 valence electrons. The van der Waals surface area contributed by atoms with E-state index in [9.17, 15) is 14.7 Å². The third kappa shape index (κ3) is 3.82. The molecule has 25 heavy (non-hydrogen) atoms. The molecule has 0 saturated heterocycles. The van der Waals surface area contributed by atoms with Gasteiger partial charge in [-0.05, 0) is 60.6 Å². The van der Waals surface area contributed by atoms with E-state index in [1.54, 1.807) is 36.4 Å². The minimum atomic E-state index is -0.945. The van der Waals surface area contributed by atoms with E-state index in [-0.39, 0.29) is 23.1 Å². The van der Waals surface area contributed by atoms with Crippen molar-refractivity contribution in [1.29, 1.82) is 0 Å². The van der Waals surface area contributed by atoms with Gasteiger partial charge < -0.3 is 15.5 Å². The maximum Gasteiger partial charge on any atom is 0.335 e. The third-order valence-electron chi connectivity index (χ3n) is 4.71. The fourth-order valence-corrected chi connectivity index (χ4v) is 3.37. The lowest BCUT2D eigenvalue weighted by atomic mass is 9.82. The number of carboxylic acid groups (broad SMARTS) is 1. The first-order valence-corrected chi connectivity index (χ1v) is 8.47. The van der Waals surface area contributed by atoms with Crippen LogP contribution in [0.3, 0.4) is 0 Å². The molecule has 1 amide bonds. The van der Waals surface area contributed by atoms with Gasteiger partial charge in [0, 0.05) is 6.54 Å². The summed E-state index contributed by atoms with van der Waals surface area (Å²) in [5.41, 5.74) is 3.05. The summed E-state index contributed by atoms with van der Waals surface area (Å²) >= 11 is 0. The second-order valence-corrected chi connectivity index (χ2v) is 6.33. The van der Waals surface area contributed by atoms with Crippen LogP contribution in [0.25, 0.3) is 0 Å². The Balaban J connectivity index is 1.59. The Morgan fingerprint density at radius 3 is 2.60 bits per heavy atom. The SMILES string of the molecule is O=C(O)c1ccc(CCNC(=O)[C@@H]2CCCc3c(O)cccc32)cc1. The van der Waals surface area contributed by atoms with E-state index in [0.717, 1.165) is 36.0 Å². The van der Waals surface area contributed by atoms with E-state index in [2.05, 4.69) is 5.32 Å². The minimum Gasteiger partial charge on any atom is -0.508 e. The highest BCUT2D eigenvalue weighted by Gasteiger charge is 2.27. The molecule has 1 aliphatic rings. The van der Waals surface area contributed by atoms with Gasteiger partial charge in [0.1, 0.15) is 5.75 Å². The fraction of sp³-hybridized carbons (Fsp3) is 0.300. The van der Waals surface area contributed by atoms with Gasteiger partial charge in [-0.25, -0.2) is 4.79 Å². The van der Waals surface area contributed by atoms with E-state index < -0.39 is 5.97 Å². The number of hydrogen-bond donors (Lipinski definition) is 3. The molecule has 1 atom stereocenters. The van der Waals surface area contributed by atoms with Crippen molar-refractivity contribution in [3.8, 4) is 5.75 Å². The number of amides is 1. The number of nitrogens with one attached hydrogen (secondary N) is 1. The maximum atomic E-state index is 12.5. The zero-order valence-electron chi connectivity index (χ0n) is 13.9. The molecule has 0 bridgehead atoms. The van der Waals surface area contributed by atoms with Crippen molar-refractivity contribution < 1.29 is 19.8 Å². The molecule has 3 N–H and O–H groups in total. The molecule has 1 aliphatic carbocycles. The van der Waals surface area contributed by atoms with Crippen molar-refractivity contribution in [2.45, 2.75) is 31.6 Å². The lowest BCUT2D eigenvalue weighted by Gasteiger charge is -2.25. The predicted molar refractivity (Wildman–Crippen MR) is 93.9 cm³/mol. The standard InChI is InChI=1S/C20H21NO4/c22-18-6-2-3-15-16(18)4-1-5-17(15)19(23)21-12-11-13-7-9-14(10-8-13)20(24)25/h2-3,6-10,17,22H,1,4-5,11-12H2,(H,21,23)(H,24,25)/t17-/m1/s1. The van der Waals surface area contributed by atoms with Crippen molar-refractivity contribution in [3.05, 3.63) is 64.7 Å². The summed E-state index contributed by atoms with van der Waals surface area (Å²) < 4.78 is 0. The van der Waals surface area contributed by atoms with Gasteiger partial charge in [0.2, 0.25) is 5.91 Å². The van der Waals surface area contributed by atoms with Crippen molar-refractivity contribution in [1.82, 2.24) is 5.32 Å². The minimum absolute atomic E-state index is 0.0197. The first-order chi connectivity index (χ1) is 12.1. The van der Waals surface area contributed by atoms with Crippen LogP contribution in [0.4, 0.5) is 0 Å². The van der Waals surface area contributed by atoms with E-state index in [4.69, 9.17) is 5.11 Å². The number of benzene rings is 2. The molecule has 0 unspecified atom stereocenters. The lowest BCUT2D eigenvalue weighted by molar-refractivity contribution is -0.122. The summed E-state index contributed by atoms with van der Waals surface area (Å²) in [5.74, 6) is -0.911. The average molecular weight is 339 g/mol. The third-order valence-corrected chi connectivity index (χ3v) is 4.71. The highest BCUT2D eigenvalue weighted by molar-refractivity contribution is 5.87. The zero-order chi connectivity index (χ0) is 17.8. The molecule has 0 aromatic heterocycles. The molecule has 5 heteroatoms. The second kappa shape index (κ2) is 7.38. The van der Waals surface area contributed by atoms with Gasteiger partial charge in [-0.3, -0.25) is 4.79 Å². The number of phenols is 1. The van der Waals surface area contributed by atoms with Gasteiger partial charge in [0.15, 0.2) is 0 Å². The molecular formula is C20H21NO4. The van der Waals surface area contributed by atoms with Crippen LogP contribution >= 0.6 is 0 Å². The molecule has 0 spiro atoms. The van der Waals surface area contributed by atoms with Crippen LogP contribution in [0, 0.1) is 0 Å². The van der Waals surface area contributed by atoms with Gasteiger partial charge in [0.05, 0.1) is 11.5 Å². The molecule has 0 radical (unpaired) electrons. The first kappa shape index (κ1) is 17.0. The van der Waals surface area contributed by atoms with Crippen LogP contribution < -0.4 is 5.32 Å². The number of aromatic hydroxyl groups is 1. The van der Waals surface area contributed by atoms with Crippen molar-refractivity contribution in [2.24, 2.45) is 0 Å². The number of fused-ring (bicyclic) bond motifs is 1. The average Bonchev–Trinajstić information content (AvgIpc) is 2.62. The molecule has 0 fully saturated rings. The van der Waals surface area contributed by atoms with Gasteiger partial charge >= 0.3 is 5.97 Å². The molecule has 0 aliphatic heterocycles. The van der Waals surface area contributed by atoms with Crippen LogP contribution in [-0.4, -0.2) is 28.6 Å². The quantitative estimate of drug-likeness (QED) is 0.782. The summed E-state index contributed by atoms with van der Waals surface area (Å²) in [6, 6.07) is 12.0. The summed E-state index contributed by atoms with van der Waals surface area (Å²) in [6.07, 6.45) is 3.13. The Labute approximate surface area is 146 Å². The highest BCUT2D eigenvalue weighted by atomic mass is 16.4. The summed E-state index contributed by atoms with van der Waals surface area (Å²) in [4.78, 5) is 23.4. The Kier molecular flexibility index (Phi) is 5.03. The van der Waals surface area contributed by atoms with Crippen molar-refractivity contribution in [3.63, 3.8) is 0 Å². The summed E-state index contributed by atoms with van der Waals surface area (Å²) in [7, 11) is 0. The van der Waals surface area contributed by atoms with E-state index in [1.807, 2.05) is 6.07 Å². The zero-order valence-corrected chi connectivity index (χ0v) is 13.9. The molecule has 5 nitrogen and oxygen atoms in total. The number of carbonyl (C=O) groups excluding carboxylic acids is 1. The van der Waals surface area contributed by atoms with Crippen LogP contribution in [0.5, 0.6) is 5.75 Å². The van der Waals surface area contributed by atoms with E-state index in [1.165, 1.54) is 0 Å². The fourth-order valence-electron chi connectivity index (χ4n) is 3.37. The van der Waals surface area contributed by atoms with Gasteiger partial charge in [-0.15, -0.1) is 0 Å². The molecule has 2 aromatic carbocycles. The normalized spacial score (nSPS) is 16.1. The number of phenolic OH excluding ortho intramolecular Hbond substituents is 1. The van der Waals surface area contributed by atoms with Crippen LogP contribution in [0.1, 0.15) is 45.8 Å². The number of aromatic carboxylic acids is 1. The van der Waals surface area contributed by atoms with Crippen LogP contribution in [0.15, 0.2) is 42.5 Å². The van der Waals surface area contributed by atoms with Crippen LogP contribution in [0.2, 0.25) is 0 Å². The lowest BCUT2D eigenvalue weighted by Crippen LogP contribution is -2.32. The van der Waals surface area contributed by atoms with E-state index in [0.29, 0.717) is 13.0 Å². The number of hydrogen-bond acceptors (Lipinski definition) is 3. The van der Waals surface area contributed by atoms with Gasteiger partial charge in [-0.2, -0.15) is 0 Å². The number of carboxylic acids is 1. The largest absolute Gasteiger partial charge is 0.508 e. The summed E-state index contributed by atoms with van der Waals surface area (Å²) in [6.45, 7) is 0.496. The molecule has 3 rings (SSSR count). The second-order valence-electron chi connectivity index (χ2n) is 6.33. The molecule has 0 heterocycles. The Hall–Kier alpha value is -2.82. The molecular weight excluding hydrogens is 318 g/mol. The van der Waals surface area contributed by atoms with Gasteiger partial charge in [-0.1, -0.05) is 24.3 Å².